The van der Waals surface area contributed by atoms with Crippen LogP contribution >= 0.6 is 15.9 Å². The first-order chi connectivity index (χ1) is 9.56. The Morgan fingerprint density at radius 2 is 2.20 bits per heavy atom. The molecule has 1 aromatic carbocycles. The molecule has 1 amide bonds. The SMILES string of the molecule is CC1CN2CCCC2CN1C(=O)c1ccc(Br)cc1O. The van der Waals surface area contributed by atoms with Crippen molar-refractivity contribution in [3.05, 3.63) is 28.2 Å². The Bertz CT molecular complexity index is 535. The van der Waals surface area contributed by atoms with Crippen LogP contribution in [0.3, 0.4) is 0 Å². The molecule has 0 bridgehead atoms. The molecule has 2 saturated heterocycles. The van der Waals surface area contributed by atoms with E-state index in [1.807, 2.05) is 4.90 Å². The zero-order valence-electron chi connectivity index (χ0n) is 11.6. The van der Waals surface area contributed by atoms with Crippen molar-refractivity contribution in [2.75, 3.05) is 19.6 Å². The summed E-state index contributed by atoms with van der Waals surface area (Å²) in [6.07, 6.45) is 2.39. The minimum Gasteiger partial charge on any atom is -0.507 e. The fraction of sp³-hybridized carbons (Fsp3) is 0.533. The van der Waals surface area contributed by atoms with Gasteiger partial charge in [-0.15, -0.1) is 0 Å². The maximum Gasteiger partial charge on any atom is 0.257 e. The molecule has 2 aliphatic rings. The predicted octanol–water partition coefficient (Wildman–Crippen LogP) is 2.46. The van der Waals surface area contributed by atoms with Crippen LogP contribution in [0, 0.1) is 0 Å². The van der Waals surface area contributed by atoms with E-state index in [1.165, 1.54) is 12.8 Å². The average molecular weight is 339 g/mol. The summed E-state index contributed by atoms with van der Waals surface area (Å²) in [7, 11) is 0. The van der Waals surface area contributed by atoms with Crippen molar-refractivity contribution in [1.29, 1.82) is 0 Å². The van der Waals surface area contributed by atoms with Crippen molar-refractivity contribution < 1.29 is 9.90 Å². The van der Waals surface area contributed by atoms with Gasteiger partial charge in [-0.1, -0.05) is 15.9 Å². The first-order valence-corrected chi connectivity index (χ1v) is 7.89. The Balaban J connectivity index is 1.82. The van der Waals surface area contributed by atoms with E-state index in [4.69, 9.17) is 0 Å². The Morgan fingerprint density at radius 1 is 1.40 bits per heavy atom. The standard InChI is InChI=1S/C15H19BrN2O2/c1-10-8-17-6-2-3-12(17)9-18(10)15(20)13-5-4-11(16)7-14(13)19/h4-5,7,10,12,19H,2-3,6,8-9H2,1H3. The van der Waals surface area contributed by atoms with Gasteiger partial charge in [-0.2, -0.15) is 0 Å². The molecule has 2 heterocycles. The van der Waals surface area contributed by atoms with Crippen molar-refractivity contribution in [2.24, 2.45) is 0 Å². The average Bonchev–Trinajstić information content (AvgIpc) is 2.84. The van der Waals surface area contributed by atoms with Gasteiger partial charge in [-0.25, -0.2) is 0 Å². The van der Waals surface area contributed by atoms with E-state index in [0.717, 1.165) is 24.1 Å². The summed E-state index contributed by atoms with van der Waals surface area (Å²) in [4.78, 5) is 17.1. The van der Waals surface area contributed by atoms with Crippen LogP contribution in [0.2, 0.25) is 0 Å². The fourth-order valence-electron chi connectivity index (χ4n) is 3.31. The molecule has 2 unspecified atom stereocenters. The molecule has 0 aromatic heterocycles. The number of benzene rings is 1. The molecule has 3 rings (SSSR count). The minimum atomic E-state index is -0.0611. The number of fused-ring (bicyclic) bond motifs is 1. The highest BCUT2D eigenvalue weighted by Gasteiger charge is 2.37. The van der Waals surface area contributed by atoms with Gasteiger partial charge < -0.3 is 10.0 Å². The number of amides is 1. The number of halogens is 1. The van der Waals surface area contributed by atoms with E-state index >= 15 is 0 Å². The quantitative estimate of drug-likeness (QED) is 0.855. The van der Waals surface area contributed by atoms with E-state index in [9.17, 15) is 9.90 Å². The minimum absolute atomic E-state index is 0.0467. The number of phenols is 1. The summed E-state index contributed by atoms with van der Waals surface area (Å²) in [6, 6.07) is 5.75. The topological polar surface area (TPSA) is 43.8 Å². The zero-order valence-corrected chi connectivity index (χ0v) is 13.1. The summed E-state index contributed by atoms with van der Waals surface area (Å²) >= 11 is 3.30. The third-order valence-corrected chi connectivity index (χ3v) is 4.88. The first-order valence-electron chi connectivity index (χ1n) is 7.10. The summed E-state index contributed by atoms with van der Waals surface area (Å²) in [5.41, 5.74) is 0.395. The molecule has 0 radical (unpaired) electrons. The Hall–Kier alpha value is -1.07. The second-order valence-electron chi connectivity index (χ2n) is 5.76. The van der Waals surface area contributed by atoms with Crippen LogP contribution in [0.15, 0.2) is 22.7 Å². The van der Waals surface area contributed by atoms with Gasteiger partial charge in [0.2, 0.25) is 0 Å². The molecule has 2 fully saturated rings. The van der Waals surface area contributed by atoms with Crippen LogP contribution in [-0.4, -0.2) is 52.5 Å². The second kappa shape index (κ2) is 5.37. The third kappa shape index (κ3) is 2.44. The van der Waals surface area contributed by atoms with Crippen LogP contribution in [0.4, 0.5) is 0 Å². The normalized spacial score (nSPS) is 26.6. The summed E-state index contributed by atoms with van der Waals surface area (Å²) in [5, 5.41) is 9.98. The van der Waals surface area contributed by atoms with Crippen LogP contribution in [0.1, 0.15) is 30.1 Å². The first kappa shape index (κ1) is 13.9. The molecular formula is C15H19BrN2O2. The molecule has 1 N–H and O–H groups in total. The van der Waals surface area contributed by atoms with Gasteiger partial charge in [-0.3, -0.25) is 9.69 Å². The van der Waals surface area contributed by atoms with E-state index in [1.54, 1.807) is 18.2 Å². The summed E-state index contributed by atoms with van der Waals surface area (Å²) in [5.74, 6) is -0.0144. The molecule has 2 aliphatic heterocycles. The molecule has 20 heavy (non-hydrogen) atoms. The highest BCUT2D eigenvalue weighted by Crippen LogP contribution is 2.28. The molecule has 0 aliphatic carbocycles. The predicted molar refractivity (Wildman–Crippen MR) is 80.9 cm³/mol. The van der Waals surface area contributed by atoms with Gasteiger partial charge in [0.05, 0.1) is 5.56 Å². The Morgan fingerprint density at radius 3 is 2.95 bits per heavy atom. The van der Waals surface area contributed by atoms with Crippen molar-refractivity contribution >= 4 is 21.8 Å². The lowest BCUT2D eigenvalue weighted by Gasteiger charge is -2.42. The molecule has 1 aromatic rings. The van der Waals surface area contributed by atoms with Crippen molar-refractivity contribution in [2.45, 2.75) is 31.8 Å². The molecule has 5 heteroatoms. The van der Waals surface area contributed by atoms with Gasteiger partial charge in [0.15, 0.2) is 0 Å². The number of rotatable bonds is 1. The lowest BCUT2D eigenvalue weighted by Crippen LogP contribution is -2.56. The zero-order chi connectivity index (χ0) is 14.3. The number of aromatic hydroxyl groups is 1. The Labute approximate surface area is 127 Å². The van der Waals surface area contributed by atoms with E-state index in [-0.39, 0.29) is 17.7 Å². The molecule has 2 atom stereocenters. The maximum absolute atomic E-state index is 12.7. The van der Waals surface area contributed by atoms with Crippen LogP contribution in [0.5, 0.6) is 5.75 Å². The van der Waals surface area contributed by atoms with Crippen LogP contribution in [0.25, 0.3) is 0 Å². The molecular weight excluding hydrogens is 320 g/mol. The molecule has 0 saturated carbocycles. The Kier molecular flexibility index (Phi) is 3.73. The number of nitrogens with zero attached hydrogens (tertiary/aromatic N) is 2. The van der Waals surface area contributed by atoms with Crippen molar-refractivity contribution in [1.82, 2.24) is 9.80 Å². The van der Waals surface area contributed by atoms with Crippen LogP contribution in [-0.2, 0) is 0 Å². The van der Waals surface area contributed by atoms with Crippen molar-refractivity contribution in [3.63, 3.8) is 0 Å². The van der Waals surface area contributed by atoms with E-state index in [0.29, 0.717) is 11.6 Å². The van der Waals surface area contributed by atoms with Gasteiger partial charge in [0.1, 0.15) is 5.75 Å². The number of hydrogen-bond acceptors (Lipinski definition) is 3. The number of carbonyl (C=O) groups excluding carboxylic acids is 1. The summed E-state index contributed by atoms with van der Waals surface area (Å²) in [6.45, 7) is 4.95. The lowest BCUT2D eigenvalue weighted by molar-refractivity contribution is 0.0393. The van der Waals surface area contributed by atoms with Gasteiger partial charge >= 0.3 is 0 Å². The highest BCUT2D eigenvalue weighted by molar-refractivity contribution is 9.10. The lowest BCUT2D eigenvalue weighted by atomic mass is 10.1. The smallest absolute Gasteiger partial charge is 0.257 e. The van der Waals surface area contributed by atoms with E-state index in [2.05, 4.69) is 27.8 Å². The van der Waals surface area contributed by atoms with Gasteiger partial charge in [-0.05, 0) is 44.5 Å². The number of phenolic OH excluding ortho intramolecular Hbond substituents is 1. The molecule has 4 nitrogen and oxygen atoms in total. The number of carbonyl (C=O) groups is 1. The fourth-order valence-corrected chi connectivity index (χ4v) is 3.66. The number of piperazine rings is 1. The number of hydrogen-bond donors (Lipinski definition) is 1. The monoisotopic (exact) mass is 338 g/mol. The van der Waals surface area contributed by atoms with Gasteiger partial charge in [0, 0.05) is 29.6 Å². The van der Waals surface area contributed by atoms with Crippen LogP contribution < -0.4 is 0 Å². The van der Waals surface area contributed by atoms with Gasteiger partial charge in [0.25, 0.3) is 5.91 Å². The maximum atomic E-state index is 12.7. The third-order valence-electron chi connectivity index (χ3n) is 4.39. The second-order valence-corrected chi connectivity index (χ2v) is 6.67. The highest BCUT2D eigenvalue weighted by atomic mass is 79.9. The molecule has 0 spiro atoms. The van der Waals surface area contributed by atoms with Crippen molar-refractivity contribution in [3.8, 4) is 5.75 Å². The summed E-state index contributed by atoms with van der Waals surface area (Å²) < 4.78 is 0.778. The molecule has 108 valence electrons. The van der Waals surface area contributed by atoms with E-state index < -0.39 is 0 Å². The largest absolute Gasteiger partial charge is 0.507 e.